The molecule has 0 aliphatic carbocycles. The van der Waals surface area contributed by atoms with Gasteiger partial charge in [-0.05, 0) is 24.3 Å². The molecule has 0 saturated carbocycles. The normalized spacial score (nSPS) is 10.7. The van der Waals surface area contributed by atoms with Crippen molar-refractivity contribution in [3.05, 3.63) is 35.4 Å². The summed E-state index contributed by atoms with van der Waals surface area (Å²) >= 11 is 0. The summed E-state index contributed by atoms with van der Waals surface area (Å²) in [5.41, 5.74) is 20.6. The Kier molecular flexibility index (Phi) is 3.84. The Morgan fingerprint density at radius 3 is 2.24 bits per heavy atom. The van der Waals surface area contributed by atoms with E-state index in [1.54, 1.807) is 12.1 Å². The van der Waals surface area contributed by atoms with E-state index >= 15 is 0 Å². The molecule has 1 heterocycles. The van der Waals surface area contributed by atoms with Crippen LogP contribution in [0.2, 0.25) is 0 Å². The number of anilines is 4. The van der Waals surface area contributed by atoms with E-state index in [0.717, 1.165) is 0 Å². The van der Waals surface area contributed by atoms with Gasteiger partial charge in [-0.15, -0.1) is 0 Å². The molecule has 0 radical (unpaired) electrons. The highest BCUT2D eigenvalue weighted by atomic mass is 16.4. The average molecular weight is 287 g/mol. The van der Waals surface area contributed by atoms with Crippen molar-refractivity contribution in [2.45, 2.75) is 0 Å². The van der Waals surface area contributed by atoms with Gasteiger partial charge in [0.25, 0.3) is 0 Å². The second-order valence-corrected chi connectivity index (χ2v) is 4.02. The number of hydrogen-bond acceptors (Lipinski definition) is 8. The van der Waals surface area contributed by atoms with Gasteiger partial charge in [0.1, 0.15) is 11.6 Å². The molecule has 2 rings (SSSR count). The lowest BCUT2D eigenvalue weighted by Crippen LogP contribution is -2.08. The maximum atomic E-state index is 10.7. The number of hydrogen-bond donors (Lipinski definition) is 5. The van der Waals surface area contributed by atoms with Crippen LogP contribution in [0.25, 0.3) is 0 Å². The minimum absolute atomic E-state index is 0.0145. The summed E-state index contributed by atoms with van der Waals surface area (Å²) in [4.78, 5) is 18.3. The van der Waals surface area contributed by atoms with E-state index in [1.807, 2.05) is 0 Å². The topological polar surface area (TPSA) is 166 Å². The van der Waals surface area contributed by atoms with Crippen LogP contribution in [0.4, 0.5) is 23.3 Å². The minimum Gasteiger partial charge on any atom is -0.478 e. The molecule has 0 bridgehead atoms. The van der Waals surface area contributed by atoms with E-state index in [1.165, 1.54) is 18.3 Å². The van der Waals surface area contributed by atoms with Crippen molar-refractivity contribution < 1.29 is 9.90 Å². The molecule has 0 amide bonds. The number of nitrogens with zero attached hydrogens (tertiary/aromatic N) is 3. The number of benzene rings is 1. The standard InChI is InChI=1S/C12H13N7O2/c13-9-8(10(14)18-12(15)17-9)5-16-19-7-3-1-6(2-4-7)11(20)21/h1-5,19H,(H,20,21)(H6,13,14,15,17,18)/b16-5-. The number of rotatable bonds is 4. The summed E-state index contributed by atoms with van der Waals surface area (Å²) < 4.78 is 0. The Labute approximate surface area is 119 Å². The Balaban J connectivity index is 2.11. The average Bonchev–Trinajstić information content (AvgIpc) is 2.42. The lowest BCUT2D eigenvalue weighted by atomic mass is 10.2. The number of aromatic carboxylic acids is 1. The lowest BCUT2D eigenvalue weighted by Gasteiger charge is -2.04. The number of carboxylic acid groups (broad SMARTS) is 1. The van der Waals surface area contributed by atoms with Crippen LogP contribution in [-0.4, -0.2) is 27.3 Å². The van der Waals surface area contributed by atoms with Crippen molar-refractivity contribution in [1.29, 1.82) is 0 Å². The smallest absolute Gasteiger partial charge is 0.335 e. The largest absolute Gasteiger partial charge is 0.478 e. The molecule has 0 saturated heterocycles. The molecule has 0 spiro atoms. The van der Waals surface area contributed by atoms with Gasteiger partial charge in [0, 0.05) is 0 Å². The van der Waals surface area contributed by atoms with Gasteiger partial charge < -0.3 is 22.3 Å². The van der Waals surface area contributed by atoms with Crippen LogP contribution in [-0.2, 0) is 0 Å². The van der Waals surface area contributed by atoms with Crippen molar-refractivity contribution in [3.8, 4) is 0 Å². The fraction of sp³-hybridized carbons (Fsp3) is 0. The van der Waals surface area contributed by atoms with Gasteiger partial charge in [0.2, 0.25) is 5.95 Å². The number of nitrogens with two attached hydrogens (primary N) is 3. The molecular weight excluding hydrogens is 274 g/mol. The molecule has 0 aliphatic heterocycles. The molecule has 0 aliphatic rings. The van der Waals surface area contributed by atoms with E-state index in [2.05, 4.69) is 20.5 Å². The van der Waals surface area contributed by atoms with Crippen LogP contribution >= 0.6 is 0 Å². The molecule has 8 N–H and O–H groups in total. The third-order valence-electron chi connectivity index (χ3n) is 2.54. The van der Waals surface area contributed by atoms with Gasteiger partial charge in [-0.2, -0.15) is 15.1 Å². The van der Waals surface area contributed by atoms with Crippen LogP contribution in [0.5, 0.6) is 0 Å². The molecular formula is C12H13N7O2. The summed E-state index contributed by atoms with van der Waals surface area (Å²) in [5, 5.41) is 12.7. The highest BCUT2D eigenvalue weighted by Gasteiger charge is 2.06. The van der Waals surface area contributed by atoms with Gasteiger partial charge in [0.15, 0.2) is 0 Å². The van der Waals surface area contributed by atoms with Crippen molar-refractivity contribution >= 4 is 35.5 Å². The molecule has 0 atom stereocenters. The quantitative estimate of drug-likeness (QED) is 0.397. The Bertz CT molecular complexity index is 674. The maximum absolute atomic E-state index is 10.7. The zero-order valence-electron chi connectivity index (χ0n) is 10.8. The predicted octanol–water partition coefficient (Wildman–Crippen LogP) is 0.367. The molecule has 9 nitrogen and oxygen atoms in total. The molecule has 2 aromatic rings. The first-order chi connectivity index (χ1) is 9.97. The summed E-state index contributed by atoms with van der Waals surface area (Å²) in [5.74, 6) is -0.775. The molecule has 1 aromatic carbocycles. The van der Waals surface area contributed by atoms with Crippen LogP contribution in [0.3, 0.4) is 0 Å². The first-order valence-electron chi connectivity index (χ1n) is 5.78. The van der Waals surface area contributed by atoms with Gasteiger partial charge in [-0.3, -0.25) is 5.43 Å². The molecule has 21 heavy (non-hydrogen) atoms. The summed E-state index contributed by atoms with van der Waals surface area (Å²) in [7, 11) is 0. The second kappa shape index (κ2) is 5.74. The zero-order chi connectivity index (χ0) is 15.4. The minimum atomic E-state index is -0.996. The van der Waals surface area contributed by atoms with Crippen molar-refractivity contribution in [3.63, 3.8) is 0 Å². The van der Waals surface area contributed by atoms with Gasteiger partial charge in [0.05, 0.1) is 23.0 Å². The third-order valence-corrected chi connectivity index (χ3v) is 2.54. The zero-order valence-corrected chi connectivity index (χ0v) is 10.8. The molecule has 9 heteroatoms. The number of hydrazone groups is 1. The fourth-order valence-corrected chi connectivity index (χ4v) is 1.51. The van der Waals surface area contributed by atoms with Crippen LogP contribution < -0.4 is 22.6 Å². The Hall–Kier alpha value is -3.36. The van der Waals surface area contributed by atoms with E-state index in [9.17, 15) is 4.79 Å². The second-order valence-electron chi connectivity index (χ2n) is 4.02. The monoisotopic (exact) mass is 287 g/mol. The van der Waals surface area contributed by atoms with Crippen LogP contribution in [0.15, 0.2) is 29.4 Å². The highest BCUT2D eigenvalue weighted by molar-refractivity contribution is 5.92. The fourth-order valence-electron chi connectivity index (χ4n) is 1.51. The lowest BCUT2D eigenvalue weighted by molar-refractivity contribution is 0.0697. The van der Waals surface area contributed by atoms with E-state index in [0.29, 0.717) is 11.3 Å². The van der Waals surface area contributed by atoms with Crippen molar-refractivity contribution in [2.75, 3.05) is 22.6 Å². The predicted molar refractivity (Wildman–Crippen MR) is 79.9 cm³/mol. The first-order valence-corrected chi connectivity index (χ1v) is 5.78. The van der Waals surface area contributed by atoms with E-state index < -0.39 is 5.97 Å². The van der Waals surface area contributed by atoms with E-state index in [4.69, 9.17) is 22.3 Å². The number of nitrogen functional groups attached to an aromatic ring is 3. The highest BCUT2D eigenvalue weighted by Crippen LogP contribution is 2.14. The summed E-state index contributed by atoms with van der Waals surface area (Å²) in [6.45, 7) is 0. The van der Waals surface area contributed by atoms with Gasteiger partial charge in [-0.25, -0.2) is 4.79 Å². The molecule has 108 valence electrons. The number of nitrogens with one attached hydrogen (secondary N) is 1. The Morgan fingerprint density at radius 1 is 1.14 bits per heavy atom. The third kappa shape index (κ3) is 3.35. The maximum Gasteiger partial charge on any atom is 0.335 e. The van der Waals surface area contributed by atoms with E-state index in [-0.39, 0.29) is 23.1 Å². The van der Waals surface area contributed by atoms with Crippen LogP contribution in [0.1, 0.15) is 15.9 Å². The van der Waals surface area contributed by atoms with Crippen molar-refractivity contribution in [1.82, 2.24) is 9.97 Å². The van der Waals surface area contributed by atoms with Gasteiger partial charge >= 0.3 is 5.97 Å². The summed E-state index contributed by atoms with van der Waals surface area (Å²) in [6.07, 6.45) is 1.36. The first kappa shape index (κ1) is 14.1. The Morgan fingerprint density at radius 2 is 1.71 bits per heavy atom. The van der Waals surface area contributed by atoms with Crippen LogP contribution in [0, 0.1) is 0 Å². The molecule has 1 aromatic heterocycles. The molecule has 0 fully saturated rings. The molecule has 0 unspecified atom stereocenters. The SMILES string of the molecule is Nc1nc(N)c(/C=N\Nc2ccc(C(=O)O)cc2)c(N)n1. The number of carbonyl (C=O) groups is 1. The van der Waals surface area contributed by atoms with Crippen molar-refractivity contribution in [2.24, 2.45) is 5.10 Å². The summed E-state index contributed by atoms with van der Waals surface area (Å²) in [6, 6.07) is 6.06. The van der Waals surface area contributed by atoms with Gasteiger partial charge in [-0.1, -0.05) is 0 Å². The number of carboxylic acids is 1. The number of aromatic nitrogens is 2.